The zero-order valence-corrected chi connectivity index (χ0v) is 10.3. The molecule has 6 heteroatoms. The number of carbonyl (C=O) groups is 2. The molecule has 0 saturated carbocycles. The van der Waals surface area contributed by atoms with Crippen molar-refractivity contribution < 1.29 is 14.3 Å². The average Bonchev–Trinajstić information content (AvgIpc) is 2.52. The number of imide groups is 1. The van der Waals surface area contributed by atoms with Crippen molar-refractivity contribution in [2.45, 2.75) is 19.4 Å². The van der Waals surface area contributed by atoms with Gasteiger partial charge in [0.05, 0.1) is 12.7 Å². The highest BCUT2D eigenvalue weighted by Crippen LogP contribution is 2.16. The van der Waals surface area contributed by atoms with Crippen LogP contribution in [0.5, 0.6) is 5.75 Å². The van der Waals surface area contributed by atoms with Crippen molar-refractivity contribution in [3.63, 3.8) is 0 Å². The van der Waals surface area contributed by atoms with Crippen LogP contribution in [0.4, 0.5) is 4.79 Å². The van der Waals surface area contributed by atoms with Gasteiger partial charge in [-0.3, -0.25) is 14.7 Å². The minimum Gasteiger partial charge on any atom is -0.490 e. The Morgan fingerprint density at radius 3 is 2.78 bits per heavy atom. The van der Waals surface area contributed by atoms with Crippen LogP contribution in [-0.4, -0.2) is 40.5 Å². The fourth-order valence-electron chi connectivity index (χ4n) is 1.71. The maximum atomic E-state index is 11.9. The van der Waals surface area contributed by atoms with Gasteiger partial charge in [0.25, 0.3) is 5.91 Å². The smallest absolute Gasteiger partial charge is 0.325 e. The molecule has 96 valence electrons. The quantitative estimate of drug-likeness (QED) is 0.801. The van der Waals surface area contributed by atoms with Gasteiger partial charge in [-0.2, -0.15) is 0 Å². The van der Waals surface area contributed by atoms with Crippen LogP contribution in [0.1, 0.15) is 13.8 Å². The Bertz CT molecular complexity index is 459. The van der Waals surface area contributed by atoms with Crippen LogP contribution in [0.15, 0.2) is 24.5 Å². The number of nitrogens with zero attached hydrogens (tertiary/aromatic N) is 2. The molecule has 0 atom stereocenters. The summed E-state index contributed by atoms with van der Waals surface area (Å²) >= 11 is 0. The van der Waals surface area contributed by atoms with E-state index in [1.807, 2.05) is 0 Å². The summed E-state index contributed by atoms with van der Waals surface area (Å²) in [7, 11) is 0. The molecule has 1 aromatic rings. The lowest BCUT2D eigenvalue weighted by molar-refractivity contribution is -0.130. The maximum Gasteiger partial charge on any atom is 0.325 e. The number of nitrogens with one attached hydrogen (secondary N) is 1. The zero-order chi connectivity index (χ0) is 13.2. The van der Waals surface area contributed by atoms with Crippen molar-refractivity contribution in [2.75, 3.05) is 13.2 Å². The lowest BCUT2D eigenvalue weighted by atomic mass is 10.1. The van der Waals surface area contributed by atoms with Crippen molar-refractivity contribution in [1.29, 1.82) is 0 Å². The summed E-state index contributed by atoms with van der Waals surface area (Å²) in [5.41, 5.74) is -0.828. The van der Waals surface area contributed by atoms with Crippen molar-refractivity contribution in [2.24, 2.45) is 0 Å². The summed E-state index contributed by atoms with van der Waals surface area (Å²) in [5, 5.41) is 2.61. The highest BCUT2D eigenvalue weighted by Gasteiger charge is 2.43. The third-order valence-corrected chi connectivity index (χ3v) is 2.66. The molecule has 0 unspecified atom stereocenters. The minimum atomic E-state index is -0.828. The van der Waals surface area contributed by atoms with Gasteiger partial charge in [-0.15, -0.1) is 0 Å². The highest BCUT2D eigenvalue weighted by atomic mass is 16.5. The highest BCUT2D eigenvalue weighted by molar-refractivity contribution is 6.06. The van der Waals surface area contributed by atoms with E-state index >= 15 is 0 Å². The van der Waals surface area contributed by atoms with E-state index in [2.05, 4.69) is 10.3 Å². The van der Waals surface area contributed by atoms with Crippen molar-refractivity contribution in [3.05, 3.63) is 24.5 Å². The molecule has 1 N–H and O–H groups in total. The molecule has 3 amide bonds. The lowest BCUT2D eigenvalue weighted by Crippen LogP contribution is -2.40. The molecule has 1 aliphatic rings. The lowest BCUT2D eigenvalue weighted by Gasteiger charge is -2.16. The molecule has 1 aliphatic heterocycles. The Balaban J connectivity index is 1.88. The number of ether oxygens (including phenoxy) is 1. The second kappa shape index (κ2) is 4.64. The van der Waals surface area contributed by atoms with Gasteiger partial charge < -0.3 is 10.1 Å². The molecule has 0 radical (unpaired) electrons. The first-order valence-corrected chi connectivity index (χ1v) is 5.67. The molecular weight excluding hydrogens is 234 g/mol. The van der Waals surface area contributed by atoms with Crippen molar-refractivity contribution in [1.82, 2.24) is 15.2 Å². The Kier molecular flexibility index (Phi) is 3.18. The largest absolute Gasteiger partial charge is 0.490 e. The SMILES string of the molecule is CC1(C)NC(=O)N(CCOc2cccnc2)C1=O. The third-order valence-electron chi connectivity index (χ3n) is 2.66. The Morgan fingerprint density at radius 1 is 1.44 bits per heavy atom. The van der Waals surface area contributed by atoms with E-state index in [1.54, 1.807) is 38.4 Å². The molecule has 1 saturated heterocycles. The third kappa shape index (κ3) is 2.42. The van der Waals surface area contributed by atoms with Crippen LogP contribution >= 0.6 is 0 Å². The van der Waals surface area contributed by atoms with Gasteiger partial charge >= 0.3 is 6.03 Å². The summed E-state index contributed by atoms with van der Waals surface area (Å²) in [6, 6.07) is 3.15. The van der Waals surface area contributed by atoms with Gasteiger partial charge in [-0.25, -0.2) is 4.79 Å². The van der Waals surface area contributed by atoms with E-state index in [0.717, 1.165) is 4.90 Å². The van der Waals surface area contributed by atoms with Crippen LogP contribution in [0.2, 0.25) is 0 Å². The van der Waals surface area contributed by atoms with E-state index in [0.29, 0.717) is 5.75 Å². The molecule has 2 rings (SSSR count). The molecule has 1 aromatic heterocycles. The van der Waals surface area contributed by atoms with Crippen LogP contribution in [0.3, 0.4) is 0 Å². The molecule has 1 fully saturated rings. The Labute approximate surface area is 105 Å². The molecule has 2 heterocycles. The Morgan fingerprint density at radius 2 is 2.22 bits per heavy atom. The van der Waals surface area contributed by atoms with Gasteiger partial charge in [0, 0.05) is 6.20 Å². The van der Waals surface area contributed by atoms with Gasteiger partial charge in [-0.1, -0.05) is 0 Å². The predicted molar refractivity (Wildman–Crippen MR) is 64.1 cm³/mol. The molecule has 0 spiro atoms. The number of hydrogen-bond acceptors (Lipinski definition) is 4. The van der Waals surface area contributed by atoms with Gasteiger partial charge in [0.1, 0.15) is 17.9 Å². The number of rotatable bonds is 4. The predicted octanol–water partition coefficient (Wildman–Crippen LogP) is 0.791. The van der Waals surface area contributed by atoms with Crippen molar-refractivity contribution >= 4 is 11.9 Å². The van der Waals surface area contributed by atoms with E-state index in [4.69, 9.17) is 4.74 Å². The second-order valence-corrected chi connectivity index (χ2v) is 4.55. The first-order valence-electron chi connectivity index (χ1n) is 5.67. The van der Waals surface area contributed by atoms with Crippen LogP contribution in [-0.2, 0) is 4.79 Å². The van der Waals surface area contributed by atoms with Crippen LogP contribution in [0, 0.1) is 0 Å². The molecule has 18 heavy (non-hydrogen) atoms. The zero-order valence-electron chi connectivity index (χ0n) is 10.3. The van der Waals surface area contributed by atoms with Crippen molar-refractivity contribution in [3.8, 4) is 5.75 Å². The maximum absolute atomic E-state index is 11.9. The number of amides is 3. The van der Waals surface area contributed by atoms with Gasteiger partial charge in [0.2, 0.25) is 0 Å². The summed E-state index contributed by atoms with van der Waals surface area (Å²) in [6.45, 7) is 3.83. The second-order valence-electron chi connectivity index (χ2n) is 4.55. The molecule has 6 nitrogen and oxygen atoms in total. The molecule has 0 bridgehead atoms. The van der Waals surface area contributed by atoms with E-state index in [9.17, 15) is 9.59 Å². The molecular formula is C12H15N3O3. The fourth-order valence-corrected chi connectivity index (χ4v) is 1.71. The average molecular weight is 249 g/mol. The number of hydrogen-bond donors (Lipinski definition) is 1. The first-order chi connectivity index (χ1) is 8.50. The van der Waals surface area contributed by atoms with E-state index in [-0.39, 0.29) is 25.1 Å². The summed E-state index contributed by atoms with van der Waals surface area (Å²) in [6.07, 6.45) is 3.22. The van der Waals surface area contributed by atoms with Gasteiger partial charge in [-0.05, 0) is 26.0 Å². The number of carbonyl (C=O) groups excluding carboxylic acids is 2. The monoisotopic (exact) mass is 249 g/mol. The Hall–Kier alpha value is -2.11. The normalized spacial score (nSPS) is 17.8. The molecule has 0 aromatic carbocycles. The van der Waals surface area contributed by atoms with Gasteiger partial charge in [0.15, 0.2) is 0 Å². The first kappa shape index (κ1) is 12.3. The number of pyridine rings is 1. The van der Waals surface area contributed by atoms with E-state index in [1.165, 1.54) is 0 Å². The van der Waals surface area contributed by atoms with Crippen LogP contribution in [0.25, 0.3) is 0 Å². The summed E-state index contributed by atoms with van der Waals surface area (Å²) < 4.78 is 5.40. The van der Waals surface area contributed by atoms with Crippen LogP contribution < -0.4 is 10.1 Å². The minimum absolute atomic E-state index is 0.225. The molecule has 0 aliphatic carbocycles. The topological polar surface area (TPSA) is 71.5 Å². The standard InChI is InChI=1S/C12H15N3O3/c1-12(2)10(16)15(11(17)14-12)6-7-18-9-4-3-5-13-8-9/h3-5,8H,6-7H2,1-2H3,(H,14,17). The van der Waals surface area contributed by atoms with E-state index < -0.39 is 5.54 Å². The number of urea groups is 1. The summed E-state index contributed by atoms with van der Waals surface area (Å²) in [4.78, 5) is 28.5. The summed E-state index contributed by atoms with van der Waals surface area (Å²) in [5.74, 6) is 0.381. The number of aromatic nitrogens is 1. The fraction of sp³-hybridized carbons (Fsp3) is 0.417.